The predicted molar refractivity (Wildman–Crippen MR) is 63.5 cm³/mol. The Balaban J connectivity index is 3.12. The number of hydrogen-bond donors (Lipinski definition) is 0. The summed E-state index contributed by atoms with van der Waals surface area (Å²) in [6.45, 7) is 0.630. The zero-order chi connectivity index (χ0) is 11.4. The molecule has 0 amide bonds. The van der Waals surface area contributed by atoms with E-state index in [1.165, 1.54) is 6.20 Å². The average Bonchev–Trinajstić information content (AvgIpc) is 2.19. The number of aryl methyl sites for hydroxylation is 1. The van der Waals surface area contributed by atoms with Crippen LogP contribution in [0.4, 0.5) is 5.69 Å². The summed E-state index contributed by atoms with van der Waals surface area (Å²) in [4.78, 5) is 21.2. The van der Waals surface area contributed by atoms with E-state index in [-0.39, 0.29) is 4.47 Å². The van der Waals surface area contributed by atoms with E-state index in [0.29, 0.717) is 6.54 Å². The lowest BCUT2D eigenvalue weighted by molar-refractivity contribution is -0.386. The van der Waals surface area contributed by atoms with E-state index in [4.69, 9.17) is 0 Å². The summed E-state index contributed by atoms with van der Waals surface area (Å²) >= 11 is 6.27. The molecular weight excluding hydrogens is 332 g/mol. The third-order valence-electron chi connectivity index (χ3n) is 1.76. The molecule has 1 rings (SSSR count). The number of alkyl halides is 1. The minimum absolute atomic E-state index is 0.214. The molecule has 0 aliphatic rings. The zero-order valence-electron chi connectivity index (χ0n) is 7.65. The normalized spacial score (nSPS) is 10.3. The molecule has 0 N–H and O–H groups in total. The lowest BCUT2D eigenvalue weighted by Gasteiger charge is -2.04. The highest BCUT2D eigenvalue weighted by Crippen LogP contribution is 2.11. The Kier molecular flexibility index (Phi) is 4.46. The Labute approximate surface area is 103 Å². The molecule has 0 saturated heterocycles. The van der Waals surface area contributed by atoms with Crippen LogP contribution in [0.5, 0.6) is 0 Å². The molecule has 0 aliphatic heterocycles. The largest absolute Gasteiger partial charge is 0.347 e. The lowest BCUT2D eigenvalue weighted by Crippen LogP contribution is -2.13. The highest BCUT2D eigenvalue weighted by atomic mass is 79.9. The first-order valence-corrected chi connectivity index (χ1v) is 6.07. The van der Waals surface area contributed by atoms with Gasteiger partial charge >= 0.3 is 5.69 Å². The van der Waals surface area contributed by atoms with Crippen LogP contribution >= 0.6 is 31.9 Å². The average molecular weight is 340 g/mol. The van der Waals surface area contributed by atoms with Crippen LogP contribution in [0.25, 0.3) is 0 Å². The fourth-order valence-corrected chi connectivity index (χ4v) is 1.80. The summed E-state index contributed by atoms with van der Waals surface area (Å²) in [5, 5.41) is 11.4. The molecule has 5 nitrogen and oxygen atoms in total. The summed E-state index contributed by atoms with van der Waals surface area (Å²) in [6, 6.07) is 0. The molecule has 0 aromatic carbocycles. The van der Waals surface area contributed by atoms with Crippen molar-refractivity contribution in [2.24, 2.45) is 0 Å². The van der Waals surface area contributed by atoms with Gasteiger partial charge in [0.15, 0.2) is 0 Å². The topological polar surface area (TPSA) is 65.1 Å². The summed E-state index contributed by atoms with van der Waals surface area (Å²) in [6.07, 6.45) is 3.65. The molecule has 0 atom stereocenters. The van der Waals surface area contributed by atoms with Gasteiger partial charge in [-0.3, -0.25) is 14.9 Å². The summed E-state index contributed by atoms with van der Waals surface area (Å²) < 4.78 is 1.84. The van der Waals surface area contributed by atoms with E-state index < -0.39 is 16.0 Å². The van der Waals surface area contributed by atoms with Gasteiger partial charge in [0.2, 0.25) is 0 Å². The van der Waals surface area contributed by atoms with Gasteiger partial charge in [0, 0.05) is 18.1 Å². The maximum absolute atomic E-state index is 11.3. The van der Waals surface area contributed by atoms with Crippen LogP contribution in [0.2, 0.25) is 0 Å². The highest BCUT2D eigenvalue weighted by molar-refractivity contribution is 9.10. The number of rotatable bonds is 4. The van der Waals surface area contributed by atoms with Gasteiger partial charge in [0.05, 0.1) is 15.6 Å². The molecule has 1 aromatic heterocycles. The van der Waals surface area contributed by atoms with Gasteiger partial charge in [0.1, 0.15) is 0 Å². The molecule has 0 spiro atoms. The molecule has 1 aromatic rings. The number of pyridine rings is 1. The van der Waals surface area contributed by atoms with E-state index in [9.17, 15) is 14.9 Å². The van der Waals surface area contributed by atoms with Crippen LogP contribution in [0.15, 0.2) is 21.7 Å². The fourth-order valence-electron chi connectivity index (χ4n) is 1.08. The molecular formula is C8H8Br2N2O3. The standard InChI is InChI=1S/C8H8Br2N2O3/c9-2-1-3-11-4-6(10)8(13)7(5-11)12(14)15/h4-5H,1-3H2. The van der Waals surface area contributed by atoms with Crippen molar-refractivity contribution < 1.29 is 4.92 Å². The van der Waals surface area contributed by atoms with E-state index >= 15 is 0 Å². The second-order valence-electron chi connectivity index (χ2n) is 2.86. The monoisotopic (exact) mass is 338 g/mol. The minimum Gasteiger partial charge on any atom is -0.347 e. The Bertz CT molecular complexity index is 430. The number of nitro groups is 1. The van der Waals surface area contributed by atoms with Gasteiger partial charge in [0.25, 0.3) is 5.43 Å². The van der Waals surface area contributed by atoms with Crippen LogP contribution in [-0.4, -0.2) is 14.8 Å². The number of halogens is 2. The van der Waals surface area contributed by atoms with Crippen molar-refractivity contribution in [2.45, 2.75) is 13.0 Å². The van der Waals surface area contributed by atoms with Crippen molar-refractivity contribution in [3.05, 3.63) is 37.2 Å². The smallest absolute Gasteiger partial charge is 0.333 e. The summed E-state index contributed by atoms with van der Waals surface area (Å²) in [7, 11) is 0. The SMILES string of the molecule is O=c1c(Br)cn(CCCBr)cc1[N+](=O)[O-]. The number of nitrogens with zero attached hydrogens (tertiary/aromatic N) is 2. The maximum atomic E-state index is 11.3. The molecule has 0 bridgehead atoms. The van der Waals surface area contributed by atoms with Crippen LogP contribution in [-0.2, 0) is 6.54 Å². The zero-order valence-corrected chi connectivity index (χ0v) is 10.8. The van der Waals surface area contributed by atoms with Crippen LogP contribution < -0.4 is 5.43 Å². The molecule has 1 heterocycles. The molecule has 0 aliphatic carbocycles. The number of aromatic nitrogens is 1. The fraction of sp³-hybridized carbons (Fsp3) is 0.375. The van der Waals surface area contributed by atoms with Crippen molar-refractivity contribution in [3.8, 4) is 0 Å². The highest BCUT2D eigenvalue weighted by Gasteiger charge is 2.15. The molecule has 0 saturated carbocycles. The van der Waals surface area contributed by atoms with Crippen LogP contribution in [0, 0.1) is 10.1 Å². The van der Waals surface area contributed by atoms with Gasteiger partial charge < -0.3 is 4.57 Å². The van der Waals surface area contributed by atoms with Crippen LogP contribution in [0.1, 0.15) is 6.42 Å². The molecule has 0 radical (unpaired) electrons. The maximum Gasteiger partial charge on any atom is 0.333 e. The first kappa shape index (κ1) is 12.4. The predicted octanol–water partition coefficient (Wildman–Crippen LogP) is 2.30. The third kappa shape index (κ3) is 3.13. The molecule has 0 fully saturated rings. The van der Waals surface area contributed by atoms with Crippen molar-refractivity contribution in [3.63, 3.8) is 0 Å². The minimum atomic E-state index is -0.669. The van der Waals surface area contributed by atoms with Gasteiger partial charge in [-0.25, -0.2) is 0 Å². The van der Waals surface area contributed by atoms with E-state index in [0.717, 1.165) is 11.8 Å². The quantitative estimate of drug-likeness (QED) is 0.480. The lowest BCUT2D eigenvalue weighted by atomic mass is 10.4. The summed E-state index contributed by atoms with van der Waals surface area (Å²) in [5.74, 6) is 0. The Hall–Kier alpha value is -0.690. The van der Waals surface area contributed by atoms with Gasteiger partial charge in [-0.05, 0) is 22.4 Å². The van der Waals surface area contributed by atoms with Crippen molar-refractivity contribution in [1.82, 2.24) is 4.57 Å². The Morgan fingerprint density at radius 2 is 2.13 bits per heavy atom. The van der Waals surface area contributed by atoms with E-state index in [1.54, 1.807) is 10.8 Å². The Morgan fingerprint density at radius 1 is 1.47 bits per heavy atom. The van der Waals surface area contributed by atoms with Crippen molar-refractivity contribution in [1.29, 1.82) is 0 Å². The van der Waals surface area contributed by atoms with Crippen molar-refractivity contribution in [2.75, 3.05) is 5.33 Å². The van der Waals surface area contributed by atoms with Gasteiger partial charge in [-0.1, -0.05) is 15.9 Å². The third-order valence-corrected chi connectivity index (χ3v) is 2.89. The first-order valence-electron chi connectivity index (χ1n) is 4.16. The van der Waals surface area contributed by atoms with Gasteiger partial charge in [-0.15, -0.1) is 0 Å². The van der Waals surface area contributed by atoms with E-state index in [2.05, 4.69) is 31.9 Å². The van der Waals surface area contributed by atoms with E-state index in [1.807, 2.05) is 0 Å². The second kappa shape index (κ2) is 5.41. The molecule has 0 unspecified atom stereocenters. The summed E-state index contributed by atoms with van der Waals surface area (Å²) in [5.41, 5.74) is -0.992. The van der Waals surface area contributed by atoms with Crippen molar-refractivity contribution >= 4 is 37.5 Å². The Morgan fingerprint density at radius 3 is 2.67 bits per heavy atom. The first-order chi connectivity index (χ1) is 7.06. The number of hydrogen-bond acceptors (Lipinski definition) is 3. The molecule has 7 heteroatoms. The van der Waals surface area contributed by atoms with Crippen LogP contribution in [0.3, 0.4) is 0 Å². The molecule has 15 heavy (non-hydrogen) atoms. The second-order valence-corrected chi connectivity index (χ2v) is 4.51. The van der Waals surface area contributed by atoms with Gasteiger partial charge in [-0.2, -0.15) is 0 Å². The molecule has 82 valence electrons.